The lowest BCUT2D eigenvalue weighted by molar-refractivity contribution is -0.117. The van der Waals surface area contributed by atoms with Crippen molar-refractivity contribution < 1.29 is 9.59 Å². The number of likely N-dealkylation sites (N-methyl/N-ethyl adjacent to an activating group) is 1. The average Bonchev–Trinajstić information content (AvgIpc) is 2.31. The zero-order valence-corrected chi connectivity index (χ0v) is 11.3. The molecule has 104 valence electrons. The van der Waals surface area contributed by atoms with Gasteiger partial charge in [0.15, 0.2) is 0 Å². The SMILES string of the molecule is CN(C)CC(=O)Nc1ccc(NC(=O)CCN)cc1. The Morgan fingerprint density at radius 2 is 1.53 bits per heavy atom. The van der Waals surface area contributed by atoms with Crippen LogP contribution < -0.4 is 16.4 Å². The Labute approximate surface area is 113 Å². The maximum absolute atomic E-state index is 11.5. The average molecular weight is 264 g/mol. The van der Waals surface area contributed by atoms with Crippen LogP contribution in [-0.2, 0) is 9.59 Å². The van der Waals surface area contributed by atoms with Crippen molar-refractivity contribution in [3.63, 3.8) is 0 Å². The summed E-state index contributed by atoms with van der Waals surface area (Å²) in [6.45, 7) is 0.652. The van der Waals surface area contributed by atoms with Crippen LogP contribution in [0.4, 0.5) is 11.4 Å². The highest BCUT2D eigenvalue weighted by Crippen LogP contribution is 2.13. The molecule has 0 saturated carbocycles. The van der Waals surface area contributed by atoms with Crippen molar-refractivity contribution in [1.82, 2.24) is 4.90 Å². The summed E-state index contributed by atoms with van der Waals surface area (Å²) in [5, 5.41) is 5.48. The van der Waals surface area contributed by atoms with Crippen molar-refractivity contribution in [2.75, 3.05) is 37.8 Å². The Bertz CT molecular complexity index is 429. The smallest absolute Gasteiger partial charge is 0.238 e. The van der Waals surface area contributed by atoms with Gasteiger partial charge in [0.05, 0.1) is 6.54 Å². The van der Waals surface area contributed by atoms with Gasteiger partial charge < -0.3 is 21.3 Å². The Morgan fingerprint density at radius 1 is 1.05 bits per heavy atom. The number of nitrogens with two attached hydrogens (primary N) is 1. The third-order valence-corrected chi connectivity index (χ3v) is 2.28. The maximum Gasteiger partial charge on any atom is 0.238 e. The number of hydrogen-bond donors (Lipinski definition) is 3. The molecule has 0 aliphatic heterocycles. The summed E-state index contributed by atoms with van der Waals surface area (Å²) in [7, 11) is 3.66. The lowest BCUT2D eigenvalue weighted by Gasteiger charge is -2.10. The molecule has 0 aromatic heterocycles. The van der Waals surface area contributed by atoms with Gasteiger partial charge in [-0.2, -0.15) is 0 Å². The number of hydrogen-bond acceptors (Lipinski definition) is 4. The summed E-state index contributed by atoms with van der Waals surface area (Å²) < 4.78 is 0. The second-order valence-corrected chi connectivity index (χ2v) is 4.45. The predicted octanol–water partition coefficient (Wildman–Crippen LogP) is 0.474. The van der Waals surface area contributed by atoms with E-state index in [1.807, 2.05) is 14.1 Å². The van der Waals surface area contributed by atoms with E-state index in [9.17, 15) is 9.59 Å². The zero-order valence-electron chi connectivity index (χ0n) is 11.3. The van der Waals surface area contributed by atoms with E-state index < -0.39 is 0 Å². The standard InChI is InChI=1S/C13H20N4O2/c1-17(2)9-13(19)16-11-5-3-10(4-6-11)15-12(18)7-8-14/h3-6H,7-9,14H2,1-2H3,(H,15,18)(H,16,19). The van der Waals surface area contributed by atoms with Gasteiger partial charge in [-0.3, -0.25) is 9.59 Å². The van der Waals surface area contributed by atoms with Crippen LogP contribution in [-0.4, -0.2) is 43.9 Å². The van der Waals surface area contributed by atoms with Crippen molar-refractivity contribution in [2.45, 2.75) is 6.42 Å². The summed E-state index contributed by atoms with van der Waals surface area (Å²) in [6.07, 6.45) is 0.293. The quantitative estimate of drug-likeness (QED) is 0.697. The van der Waals surface area contributed by atoms with Crippen LogP contribution in [0.15, 0.2) is 24.3 Å². The summed E-state index contributed by atoms with van der Waals surface area (Å²) >= 11 is 0. The minimum atomic E-state index is -0.119. The fourth-order valence-electron chi connectivity index (χ4n) is 1.48. The van der Waals surface area contributed by atoms with Gasteiger partial charge in [-0.1, -0.05) is 0 Å². The van der Waals surface area contributed by atoms with Crippen LogP contribution in [0.3, 0.4) is 0 Å². The van der Waals surface area contributed by atoms with E-state index in [1.54, 1.807) is 29.2 Å². The molecule has 0 aliphatic rings. The third-order valence-electron chi connectivity index (χ3n) is 2.28. The van der Waals surface area contributed by atoms with Gasteiger partial charge >= 0.3 is 0 Å². The van der Waals surface area contributed by atoms with Crippen molar-refractivity contribution in [2.24, 2.45) is 5.73 Å². The summed E-state index contributed by atoms with van der Waals surface area (Å²) in [5.41, 5.74) is 6.67. The fraction of sp³-hybridized carbons (Fsp3) is 0.385. The highest BCUT2D eigenvalue weighted by Gasteiger charge is 2.04. The number of anilines is 2. The molecule has 0 unspecified atom stereocenters. The van der Waals surface area contributed by atoms with Crippen molar-refractivity contribution in [3.8, 4) is 0 Å². The van der Waals surface area contributed by atoms with E-state index in [-0.39, 0.29) is 11.8 Å². The second-order valence-electron chi connectivity index (χ2n) is 4.45. The van der Waals surface area contributed by atoms with Gasteiger partial charge in [-0.05, 0) is 38.4 Å². The minimum Gasteiger partial charge on any atom is -0.330 e. The third kappa shape index (κ3) is 5.98. The van der Waals surface area contributed by atoms with E-state index in [0.717, 1.165) is 0 Å². The molecule has 0 saturated heterocycles. The molecule has 0 radical (unpaired) electrons. The first-order valence-electron chi connectivity index (χ1n) is 6.06. The van der Waals surface area contributed by atoms with Crippen molar-refractivity contribution in [1.29, 1.82) is 0 Å². The molecule has 0 heterocycles. The monoisotopic (exact) mass is 264 g/mol. The van der Waals surface area contributed by atoms with E-state index in [4.69, 9.17) is 5.73 Å². The fourth-order valence-corrected chi connectivity index (χ4v) is 1.48. The number of nitrogens with one attached hydrogen (secondary N) is 2. The largest absolute Gasteiger partial charge is 0.330 e. The summed E-state index contributed by atoms with van der Waals surface area (Å²) in [4.78, 5) is 24.7. The number of benzene rings is 1. The van der Waals surface area contributed by atoms with Gasteiger partial charge in [0, 0.05) is 24.3 Å². The first-order valence-corrected chi connectivity index (χ1v) is 6.06. The summed E-state index contributed by atoms with van der Waals surface area (Å²) in [6, 6.07) is 6.95. The Morgan fingerprint density at radius 3 is 1.95 bits per heavy atom. The molecule has 1 aromatic carbocycles. The van der Waals surface area contributed by atoms with Crippen LogP contribution in [0.2, 0.25) is 0 Å². The maximum atomic E-state index is 11.5. The van der Waals surface area contributed by atoms with Crippen LogP contribution in [0.1, 0.15) is 6.42 Å². The van der Waals surface area contributed by atoms with E-state index in [2.05, 4.69) is 10.6 Å². The number of amides is 2. The molecule has 1 rings (SSSR count). The molecule has 0 bridgehead atoms. The molecular formula is C13H20N4O2. The lowest BCUT2D eigenvalue weighted by atomic mass is 10.2. The molecule has 6 nitrogen and oxygen atoms in total. The molecule has 4 N–H and O–H groups in total. The first-order chi connectivity index (χ1) is 9.01. The van der Waals surface area contributed by atoms with E-state index in [1.165, 1.54) is 0 Å². The molecule has 0 atom stereocenters. The predicted molar refractivity (Wildman–Crippen MR) is 75.9 cm³/mol. The molecule has 1 aromatic rings. The molecule has 0 fully saturated rings. The van der Waals surface area contributed by atoms with Crippen LogP contribution in [0, 0.1) is 0 Å². The Kier molecular flexibility index (Phi) is 5.98. The highest BCUT2D eigenvalue weighted by atomic mass is 16.2. The Hall–Kier alpha value is -1.92. The van der Waals surface area contributed by atoms with Gasteiger partial charge in [0.1, 0.15) is 0 Å². The molecular weight excluding hydrogens is 244 g/mol. The topological polar surface area (TPSA) is 87.5 Å². The normalized spacial score (nSPS) is 10.3. The lowest BCUT2D eigenvalue weighted by Crippen LogP contribution is -2.27. The highest BCUT2D eigenvalue weighted by molar-refractivity contribution is 5.93. The second kappa shape index (κ2) is 7.50. The van der Waals surface area contributed by atoms with Crippen LogP contribution in [0.25, 0.3) is 0 Å². The van der Waals surface area contributed by atoms with Gasteiger partial charge in [-0.25, -0.2) is 0 Å². The number of rotatable bonds is 6. The Balaban J connectivity index is 2.52. The first kappa shape index (κ1) is 15.1. The van der Waals surface area contributed by atoms with Crippen LogP contribution >= 0.6 is 0 Å². The van der Waals surface area contributed by atoms with Gasteiger partial charge in [0.25, 0.3) is 0 Å². The van der Waals surface area contributed by atoms with Crippen LogP contribution in [0.5, 0.6) is 0 Å². The summed E-state index contributed by atoms with van der Waals surface area (Å²) in [5.74, 6) is -0.197. The zero-order chi connectivity index (χ0) is 14.3. The van der Waals surface area contributed by atoms with E-state index in [0.29, 0.717) is 30.9 Å². The molecule has 2 amide bonds. The van der Waals surface area contributed by atoms with E-state index >= 15 is 0 Å². The van der Waals surface area contributed by atoms with Crippen molar-refractivity contribution >= 4 is 23.2 Å². The molecule has 0 spiro atoms. The number of carbonyl (C=O) groups excluding carboxylic acids is 2. The number of nitrogens with zero attached hydrogens (tertiary/aromatic N) is 1. The van der Waals surface area contributed by atoms with Gasteiger partial charge in [0.2, 0.25) is 11.8 Å². The molecule has 19 heavy (non-hydrogen) atoms. The van der Waals surface area contributed by atoms with Crippen molar-refractivity contribution in [3.05, 3.63) is 24.3 Å². The molecule has 6 heteroatoms. The van der Waals surface area contributed by atoms with Gasteiger partial charge in [-0.15, -0.1) is 0 Å². The molecule has 0 aliphatic carbocycles. The number of carbonyl (C=O) groups is 2. The minimum absolute atomic E-state index is 0.0788.